The van der Waals surface area contributed by atoms with Crippen molar-refractivity contribution in [1.82, 2.24) is 19.9 Å². The van der Waals surface area contributed by atoms with Crippen molar-refractivity contribution in [1.29, 1.82) is 0 Å². The second-order valence-corrected chi connectivity index (χ2v) is 9.21. The largest absolute Gasteiger partial charge is 0.491 e. The summed E-state index contributed by atoms with van der Waals surface area (Å²) in [4.78, 5) is 26.8. The molecule has 3 aromatic heterocycles. The number of fused-ring (bicyclic) bond motifs is 1. The van der Waals surface area contributed by atoms with Gasteiger partial charge in [0.25, 0.3) is 5.91 Å². The van der Waals surface area contributed by atoms with Gasteiger partial charge in [-0.05, 0) is 68.4 Å². The van der Waals surface area contributed by atoms with E-state index in [1.807, 2.05) is 33.0 Å². The summed E-state index contributed by atoms with van der Waals surface area (Å²) in [6.07, 6.45) is 2.30. The van der Waals surface area contributed by atoms with Crippen LogP contribution in [0.1, 0.15) is 48.2 Å². The minimum Gasteiger partial charge on any atom is -0.491 e. The van der Waals surface area contributed by atoms with Crippen molar-refractivity contribution < 1.29 is 22.7 Å². The van der Waals surface area contributed by atoms with Gasteiger partial charge in [0.1, 0.15) is 23.8 Å². The predicted molar refractivity (Wildman–Crippen MR) is 150 cm³/mol. The molecular weight excluding hydrogens is 521 g/mol. The van der Waals surface area contributed by atoms with Crippen LogP contribution < -0.4 is 15.4 Å². The van der Waals surface area contributed by atoms with E-state index in [-0.39, 0.29) is 29.6 Å². The molecule has 0 bridgehead atoms. The number of benzene rings is 1. The van der Waals surface area contributed by atoms with E-state index in [2.05, 4.69) is 30.5 Å². The summed E-state index contributed by atoms with van der Waals surface area (Å²) in [6, 6.07) is 10.4. The van der Waals surface area contributed by atoms with Gasteiger partial charge in [-0.15, -0.1) is 0 Å². The fourth-order valence-electron chi connectivity index (χ4n) is 4.61. The van der Waals surface area contributed by atoms with Crippen LogP contribution in [0.25, 0.3) is 11.0 Å². The fourth-order valence-corrected chi connectivity index (χ4v) is 4.61. The van der Waals surface area contributed by atoms with Crippen LogP contribution in [0, 0.1) is 0 Å². The number of hydrogen-bond acceptors (Lipinski definition) is 6. The molecule has 1 amide bonds. The van der Waals surface area contributed by atoms with Gasteiger partial charge in [0, 0.05) is 48.3 Å². The van der Waals surface area contributed by atoms with Crippen LogP contribution in [-0.4, -0.2) is 52.0 Å². The summed E-state index contributed by atoms with van der Waals surface area (Å²) in [5.41, 5.74) is 1.28. The van der Waals surface area contributed by atoms with Gasteiger partial charge < -0.3 is 25.3 Å². The van der Waals surface area contributed by atoms with Crippen LogP contribution in [0.15, 0.2) is 61.1 Å². The predicted octanol–water partition coefficient (Wildman–Crippen LogP) is 6.34. The number of likely N-dealkylation sites (tertiary alicyclic amines) is 1. The van der Waals surface area contributed by atoms with E-state index >= 15 is 0 Å². The van der Waals surface area contributed by atoms with Crippen molar-refractivity contribution >= 4 is 28.4 Å². The third-order valence-electron chi connectivity index (χ3n) is 6.70. The average molecular weight is 555 g/mol. The normalized spacial score (nSPS) is 15.4. The van der Waals surface area contributed by atoms with E-state index in [0.29, 0.717) is 12.4 Å². The third-order valence-corrected chi connectivity index (χ3v) is 6.70. The number of pyridine rings is 2. The first-order valence-electron chi connectivity index (χ1n) is 13.2. The Bertz CT molecular complexity index is 1440. The van der Waals surface area contributed by atoms with Crippen molar-refractivity contribution in [3.63, 3.8) is 0 Å². The number of hydrogen-bond donors (Lipinski definition) is 3. The molecule has 1 fully saturated rings. The Morgan fingerprint density at radius 2 is 1.98 bits per heavy atom. The molecule has 1 aromatic carbocycles. The minimum atomic E-state index is -4.59. The lowest BCUT2D eigenvalue weighted by atomic mass is 10.1. The smallest absolute Gasteiger partial charge is 0.419 e. The molecular formula is C29H33F3N6O2. The summed E-state index contributed by atoms with van der Waals surface area (Å²) in [5.74, 6) is -0.477. The molecule has 5 rings (SSSR count). The van der Waals surface area contributed by atoms with E-state index < -0.39 is 17.6 Å². The number of amides is 1. The number of nitrogens with one attached hydrogen (secondary N) is 3. The number of likely N-dealkylation sites (N-methyl/N-ethyl adjacent to an activating group) is 1. The lowest BCUT2D eigenvalue weighted by Crippen LogP contribution is -2.31. The molecule has 1 aliphatic rings. The number of carbonyl (C=O) groups is 1. The SMILES string of the molecule is CC.CN1CCC[C@@H]1COc1cc(NC(=O)c2cccnc2NCc2ccnc3[nH]ccc23)ccc1C(F)(F)F. The number of anilines is 2. The van der Waals surface area contributed by atoms with Crippen molar-refractivity contribution in [3.05, 3.63) is 77.7 Å². The molecule has 0 aliphatic carbocycles. The molecule has 0 radical (unpaired) electrons. The Hall–Kier alpha value is -4.12. The lowest BCUT2D eigenvalue weighted by molar-refractivity contribution is -0.139. The number of carbonyl (C=O) groups excluding carboxylic acids is 1. The van der Waals surface area contributed by atoms with E-state index in [1.165, 1.54) is 12.1 Å². The van der Waals surface area contributed by atoms with Crippen molar-refractivity contribution in [2.45, 2.75) is 45.5 Å². The van der Waals surface area contributed by atoms with E-state index in [4.69, 9.17) is 4.74 Å². The zero-order valence-electron chi connectivity index (χ0n) is 22.7. The zero-order chi connectivity index (χ0) is 28.7. The molecule has 0 spiro atoms. The molecule has 1 atom stereocenters. The molecule has 3 N–H and O–H groups in total. The highest BCUT2D eigenvalue weighted by atomic mass is 19.4. The summed E-state index contributed by atoms with van der Waals surface area (Å²) in [6.45, 7) is 5.41. The summed E-state index contributed by atoms with van der Waals surface area (Å²) in [7, 11) is 1.93. The van der Waals surface area contributed by atoms with Crippen LogP contribution >= 0.6 is 0 Å². The molecule has 1 saturated heterocycles. The van der Waals surface area contributed by atoms with Crippen LogP contribution in [0.5, 0.6) is 5.75 Å². The second kappa shape index (κ2) is 12.8. The number of rotatable bonds is 8. The molecule has 11 heteroatoms. The molecule has 40 heavy (non-hydrogen) atoms. The Kier molecular flexibility index (Phi) is 9.26. The summed E-state index contributed by atoms with van der Waals surface area (Å²) in [5, 5.41) is 6.82. The Morgan fingerprint density at radius 1 is 1.15 bits per heavy atom. The third kappa shape index (κ3) is 6.71. The zero-order valence-corrected chi connectivity index (χ0v) is 22.7. The molecule has 0 unspecified atom stereocenters. The van der Waals surface area contributed by atoms with Gasteiger partial charge in [0.15, 0.2) is 0 Å². The summed E-state index contributed by atoms with van der Waals surface area (Å²) >= 11 is 0. The van der Waals surface area contributed by atoms with Crippen LogP contribution in [0.4, 0.5) is 24.7 Å². The van der Waals surface area contributed by atoms with Gasteiger partial charge >= 0.3 is 6.18 Å². The van der Waals surface area contributed by atoms with Gasteiger partial charge in [0.05, 0.1) is 11.1 Å². The van der Waals surface area contributed by atoms with Crippen LogP contribution in [0.2, 0.25) is 0 Å². The van der Waals surface area contributed by atoms with E-state index in [9.17, 15) is 18.0 Å². The number of ether oxygens (including phenoxy) is 1. The number of nitrogens with zero attached hydrogens (tertiary/aromatic N) is 3. The van der Waals surface area contributed by atoms with Crippen molar-refractivity contribution in [3.8, 4) is 5.75 Å². The average Bonchev–Trinajstić information content (AvgIpc) is 3.60. The summed E-state index contributed by atoms with van der Waals surface area (Å²) < 4.78 is 46.6. The van der Waals surface area contributed by atoms with Gasteiger partial charge in [-0.2, -0.15) is 13.2 Å². The molecule has 1 aliphatic heterocycles. The van der Waals surface area contributed by atoms with Crippen LogP contribution in [0.3, 0.4) is 0 Å². The monoisotopic (exact) mass is 554 g/mol. The van der Waals surface area contributed by atoms with E-state index in [1.54, 1.807) is 30.7 Å². The van der Waals surface area contributed by atoms with Crippen molar-refractivity contribution in [2.75, 3.05) is 30.8 Å². The molecule has 4 heterocycles. The Balaban J connectivity index is 0.00000181. The second-order valence-electron chi connectivity index (χ2n) is 9.21. The van der Waals surface area contributed by atoms with Gasteiger partial charge in [-0.25, -0.2) is 9.97 Å². The maximum atomic E-state index is 13.6. The number of halogens is 3. The van der Waals surface area contributed by atoms with Crippen LogP contribution in [-0.2, 0) is 12.7 Å². The molecule has 4 aromatic rings. The number of H-pyrrole nitrogens is 1. The molecule has 212 valence electrons. The first kappa shape index (κ1) is 28.9. The first-order chi connectivity index (χ1) is 19.3. The van der Waals surface area contributed by atoms with E-state index in [0.717, 1.165) is 42.0 Å². The molecule has 8 nitrogen and oxygen atoms in total. The minimum absolute atomic E-state index is 0.0475. The highest BCUT2D eigenvalue weighted by Crippen LogP contribution is 2.38. The number of aromatic amines is 1. The molecule has 0 saturated carbocycles. The first-order valence-corrected chi connectivity index (χ1v) is 13.2. The maximum Gasteiger partial charge on any atom is 0.419 e. The highest BCUT2D eigenvalue weighted by molar-refractivity contribution is 6.07. The van der Waals surface area contributed by atoms with Crippen molar-refractivity contribution in [2.24, 2.45) is 0 Å². The quantitative estimate of drug-likeness (QED) is 0.235. The highest BCUT2D eigenvalue weighted by Gasteiger charge is 2.35. The topological polar surface area (TPSA) is 95.2 Å². The maximum absolute atomic E-state index is 13.6. The number of aromatic nitrogens is 3. The van der Waals surface area contributed by atoms with Gasteiger partial charge in [-0.3, -0.25) is 4.79 Å². The van der Waals surface area contributed by atoms with Gasteiger partial charge in [0.2, 0.25) is 0 Å². The Labute approximate surface area is 231 Å². The standard InChI is InChI=1S/C27H27F3N6O2.C2H6/c1-36-13-3-4-19(36)16-38-23-14-18(6-7-22(23)27(28,29)30)35-26(37)21-5-2-10-31-25(21)34-15-17-8-11-32-24-20(17)9-12-33-24;1-2/h2,5-12,14,19H,3-4,13,15-16H2,1H3,(H,31,34)(H,32,33)(H,35,37);1-2H3/t19-;/m1./s1. The lowest BCUT2D eigenvalue weighted by Gasteiger charge is -2.22. The number of alkyl halides is 3. The van der Waals surface area contributed by atoms with Gasteiger partial charge in [-0.1, -0.05) is 13.8 Å². The fraction of sp³-hybridized carbons (Fsp3) is 0.345. The Morgan fingerprint density at radius 3 is 2.73 bits per heavy atom.